The molecule has 1 saturated heterocycles. The van der Waals surface area contributed by atoms with Crippen molar-refractivity contribution in [3.05, 3.63) is 58.9 Å². The molecular formula is C20H19N5O4S. The van der Waals surface area contributed by atoms with Gasteiger partial charge in [0.25, 0.3) is 0 Å². The molecule has 4 rings (SSSR count). The number of nitro groups is 1. The lowest BCUT2D eigenvalue weighted by Crippen LogP contribution is -2.36. The van der Waals surface area contributed by atoms with Crippen LogP contribution in [0.25, 0.3) is 11.3 Å². The second kappa shape index (κ2) is 9.06. The molecule has 0 radical (unpaired) electrons. The quantitative estimate of drug-likeness (QED) is 0.434. The molecule has 1 aliphatic rings. The summed E-state index contributed by atoms with van der Waals surface area (Å²) < 4.78 is 11.1. The van der Waals surface area contributed by atoms with E-state index in [0.717, 1.165) is 36.2 Å². The normalized spacial score (nSPS) is 13.8. The maximum Gasteiger partial charge on any atom is 0.383 e. The number of benzene rings is 1. The van der Waals surface area contributed by atoms with Crippen LogP contribution in [0.2, 0.25) is 0 Å². The molecule has 0 atom stereocenters. The van der Waals surface area contributed by atoms with Crippen LogP contribution >= 0.6 is 11.8 Å². The van der Waals surface area contributed by atoms with E-state index in [1.54, 1.807) is 7.11 Å². The van der Waals surface area contributed by atoms with Crippen molar-refractivity contribution in [3.8, 4) is 17.0 Å². The largest absolute Gasteiger partial charge is 0.494 e. The Bertz CT molecular complexity index is 1040. The molecular weight excluding hydrogens is 406 g/mol. The molecule has 0 bridgehead atoms. The smallest absolute Gasteiger partial charge is 0.383 e. The first-order valence-electron chi connectivity index (χ1n) is 9.27. The topological polar surface area (TPSA) is 104 Å². The second-order valence-electron chi connectivity index (χ2n) is 6.40. The summed E-state index contributed by atoms with van der Waals surface area (Å²) in [4.78, 5) is 25.5. The Kier molecular flexibility index (Phi) is 6.05. The third kappa shape index (κ3) is 4.34. The summed E-state index contributed by atoms with van der Waals surface area (Å²) >= 11 is 1.18. The van der Waals surface area contributed by atoms with Gasteiger partial charge < -0.3 is 24.5 Å². The molecule has 0 N–H and O–H groups in total. The van der Waals surface area contributed by atoms with Crippen molar-refractivity contribution in [2.45, 2.75) is 10.1 Å². The van der Waals surface area contributed by atoms with Crippen LogP contribution in [-0.4, -0.2) is 53.3 Å². The van der Waals surface area contributed by atoms with E-state index >= 15 is 0 Å². The molecule has 0 unspecified atom stereocenters. The zero-order chi connectivity index (χ0) is 20.9. The minimum absolute atomic E-state index is 0.313. The summed E-state index contributed by atoms with van der Waals surface area (Å²) in [5, 5.41) is 12.0. The monoisotopic (exact) mass is 425 g/mol. The third-order valence-electron chi connectivity index (χ3n) is 4.54. The van der Waals surface area contributed by atoms with Gasteiger partial charge in [-0.1, -0.05) is 30.3 Å². The van der Waals surface area contributed by atoms with E-state index in [1.165, 1.54) is 18.0 Å². The predicted molar refractivity (Wildman–Crippen MR) is 112 cm³/mol. The van der Waals surface area contributed by atoms with Gasteiger partial charge in [-0.25, -0.2) is 4.98 Å². The molecule has 10 heteroatoms. The van der Waals surface area contributed by atoms with Crippen molar-refractivity contribution >= 4 is 23.3 Å². The van der Waals surface area contributed by atoms with Crippen LogP contribution < -0.4 is 9.64 Å². The number of nitrogens with zero attached hydrogens (tertiary/aromatic N) is 5. The average Bonchev–Trinajstić information content (AvgIpc) is 2.80. The van der Waals surface area contributed by atoms with E-state index in [9.17, 15) is 10.1 Å². The standard InChI is InChI=1S/C20H19N5O4S/c1-28-16-11-15(24-7-9-29-10-8-24)19(14-5-3-2-4-6-14)23-20(16)30-18-13-21-12-17(22-18)25(26)27/h2-6,11-13H,7-10H2,1H3. The maximum atomic E-state index is 11.0. The summed E-state index contributed by atoms with van der Waals surface area (Å²) in [5.74, 6) is 0.252. The van der Waals surface area contributed by atoms with Gasteiger partial charge in [0.15, 0.2) is 5.75 Å². The van der Waals surface area contributed by atoms with Gasteiger partial charge in [0.2, 0.25) is 5.03 Å². The van der Waals surface area contributed by atoms with E-state index in [2.05, 4.69) is 14.9 Å². The van der Waals surface area contributed by atoms with E-state index in [0.29, 0.717) is 29.0 Å². The van der Waals surface area contributed by atoms with Gasteiger partial charge in [-0.2, -0.15) is 0 Å². The number of methoxy groups -OCH3 is 1. The van der Waals surface area contributed by atoms with Crippen molar-refractivity contribution in [2.75, 3.05) is 38.3 Å². The molecule has 0 aliphatic carbocycles. The van der Waals surface area contributed by atoms with Crippen LogP contribution in [0.4, 0.5) is 11.5 Å². The average molecular weight is 425 g/mol. The highest BCUT2D eigenvalue weighted by Gasteiger charge is 2.22. The van der Waals surface area contributed by atoms with Crippen LogP contribution in [0.1, 0.15) is 0 Å². The number of anilines is 1. The Hall–Kier alpha value is -3.24. The number of ether oxygens (including phenoxy) is 2. The Morgan fingerprint density at radius 3 is 2.63 bits per heavy atom. The molecule has 1 aromatic carbocycles. The molecule has 0 spiro atoms. The fourth-order valence-electron chi connectivity index (χ4n) is 3.12. The van der Waals surface area contributed by atoms with Crippen LogP contribution in [0.3, 0.4) is 0 Å². The Morgan fingerprint density at radius 1 is 1.17 bits per heavy atom. The lowest BCUT2D eigenvalue weighted by molar-refractivity contribution is -0.390. The number of pyridine rings is 1. The van der Waals surface area contributed by atoms with Gasteiger partial charge in [-0.15, -0.1) is 0 Å². The van der Waals surface area contributed by atoms with Crippen LogP contribution in [0, 0.1) is 10.1 Å². The predicted octanol–water partition coefficient (Wildman–Crippen LogP) is 3.44. The van der Waals surface area contributed by atoms with Crippen molar-refractivity contribution in [2.24, 2.45) is 0 Å². The zero-order valence-electron chi connectivity index (χ0n) is 16.2. The highest BCUT2D eigenvalue weighted by molar-refractivity contribution is 7.99. The van der Waals surface area contributed by atoms with Crippen molar-refractivity contribution in [3.63, 3.8) is 0 Å². The summed E-state index contributed by atoms with van der Waals surface area (Å²) in [7, 11) is 1.57. The van der Waals surface area contributed by atoms with Gasteiger partial charge in [0.1, 0.15) is 11.2 Å². The molecule has 2 aromatic heterocycles. The van der Waals surface area contributed by atoms with Crippen LogP contribution in [-0.2, 0) is 4.74 Å². The number of rotatable bonds is 6. The molecule has 30 heavy (non-hydrogen) atoms. The van der Waals surface area contributed by atoms with Gasteiger partial charge in [0.05, 0.1) is 37.9 Å². The van der Waals surface area contributed by atoms with E-state index in [1.807, 2.05) is 36.4 Å². The van der Waals surface area contributed by atoms with Gasteiger partial charge in [0, 0.05) is 24.7 Å². The molecule has 3 heterocycles. The Balaban J connectivity index is 1.79. The summed E-state index contributed by atoms with van der Waals surface area (Å²) in [6.45, 7) is 2.81. The van der Waals surface area contributed by atoms with Crippen LogP contribution in [0.15, 0.2) is 58.8 Å². The number of hydrogen-bond donors (Lipinski definition) is 0. The molecule has 1 aliphatic heterocycles. The molecule has 154 valence electrons. The van der Waals surface area contributed by atoms with Crippen LogP contribution in [0.5, 0.6) is 5.75 Å². The first-order valence-corrected chi connectivity index (χ1v) is 10.1. The lowest BCUT2D eigenvalue weighted by atomic mass is 10.1. The number of hydrogen-bond acceptors (Lipinski definition) is 9. The van der Waals surface area contributed by atoms with Crippen molar-refractivity contribution in [1.29, 1.82) is 0 Å². The highest BCUT2D eigenvalue weighted by Crippen LogP contribution is 2.40. The Morgan fingerprint density at radius 2 is 1.93 bits per heavy atom. The van der Waals surface area contributed by atoms with Gasteiger partial charge in [-0.3, -0.25) is 4.98 Å². The minimum Gasteiger partial charge on any atom is -0.494 e. The third-order valence-corrected chi connectivity index (χ3v) is 5.43. The summed E-state index contributed by atoms with van der Waals surface area (Å²) in [5.41, 5.74) is 2.73. The second-order valence-corrected chi connectivity index (χ2v) is 7.41. The first-order chi connectivity index (χ1) is 14.7. The Labute approximate surface area is 177 Å². The molecule has 3 aromatic rings. The highest BCUT2D eigenvalue weighted by atomic mass is 32.2. The molecule has 9 nitrogen and oxygen atoms in total. The fourth-order valence-corrected chi connectivity index (χ4v) is 3.95. The number of morpholine rings is 1. The molecule has 0 amide bonds. The number of aromatic nitrogens is 3. The zero-order valence-corrected chi connectivity index (χ0v) is 17.0. The lowest BCUT2D eigenvalue weighted by Gasteiger charge is -2.30. The fraction of sp³-hybridized carbons (Fsp3) is 0.250. The molecule has 0 saturated carbocycles. The molecule has 1 fully saturated rings. The maximum absolute atomic E-state index is 11.0. The first kappa shape index (κ1) is 20.0. The van der Waals surface area contributed by atoms with E-state index < -0.39 is 4.92 Å². The van der Waals surface area contributed by atoms with E-state index in [-0.39, 0.29) is 5.82 Å². The summed E-state index contributed by atoms with van der Waals surface area (Å²) in [6.07, 6.45) is 2.59. The van der Waals surface area contributed by atoms with Gasteiger partial charge >= 0.3 is 5.82 Å². The SMILES string of the molecule is COc1cc(N2CCOCC2)c(-c2ccccc2)nc1Sc1cncc([N+](=O)[O-])n1. The van der Waals surface area contributed by atoms with E-state index in [4.69, 9.17) is 14.5 Å². The minimum atomic E-state index is -0.571. The van der Waals surface area contributed by atoms with Gasteiger partial charge in [-0.05, 0) is 21.7 Å². The summed E-state index contributed by atoms with van der Waals surface area (Å²) in [6, 6.07) is 11.8. The van der Waals surface area contributed by atoms with Crippen molar-refractivity contribution < 1.29 is 14.4 Å². The van der Waals surface area contributed by atoms with Crippen molar-refractivity contribution in [1.82, 2.24) is 15.0 Å².